The molecule has 1 unspecified atom stereocenters. The lowest BCUT2D eigenvalue weighted by atomic mass is 9.97. The number of esters is 1. The van der Waals surface area contributed by atoms with Crippen molar-refractivity contribution in [2.45, 2.75) is 32.6 Å². The Balaban J connectivity index is 1.29. The number of carbonyl (C=O) groups is 2. The van der Waals surface area contributed by atoms with Gasteiger partial charge in [0.2, 0.25) is 5.91 Å². The minimum absolute atomic E-state index is 0.00257. The Morgan fingerprint density at radius 1 is 1.12 bits per heavy atom. The fraction of sp³-hybridized carbons (Fsp3) is 0.360. The molecule has 1 aliphatic rings. The van der Waals surface area contributed by atoms with Crippen LogP contribution in [0, 0.1) is 11.7 Å². The number of benzene rings is 2. The van der Waals surface area contributed by atoms with Crippen LogP contribution in [-0.4, -0.2) is 45.8 Å². The third-order valence-corrected chi connectivity index (χ3v) is 6.24. The fourth-order valence-electron chi connectivity index (χ4n) is 3.85. The molecule has 9 heteroatoms. The minimum atomic E-state index is -0.277. The van der Waals surface area contributed by atoms with Crippen molar-refractivity contribution >= 4 is 23.4 Å². The first-order valence-corrected chi connectivity index (χ1v) is 12.1. The zero-order chi connectivity index (χ0) is 23.9. The molecule has 0 aliphatic carbocycles. The molecular weight excluding hydrogens is 457 g/mol. The summed E-state index contributed by atoms with van der Waals surface area (Å²) in [6.45, 7) is 3.21. The van der Waals surface area contributed by atoms with Gasteiger partial charge in [-0.2, -0.15) is 9.36 Å². The quantitative estimate of drug-likeness (QED) is 0.442. The van der Waals surface area contributed by atoms with Crippen LogP contribution in [0.5, 0.6) is 10.9 Å². The number of likely N-dealkylation sites (tertiary alicyclic amines) is 1. The van der Waals surface area contributed by atoms with Crippen LogP contribution in [0.3, 0.4) is 0 Å². The molecule has 34 heavy (non-hydrogen) atoms. The molecule has 1 atom stereocenters. The largest absolute Gasteiger partial charge is 0.466 e. The van der Waals surface area contributed by atoms with E-state index in [2.05, 4.69) is 9.36 Å². The molecule has 2 aromatic carbocycles. The highest BCUT2D eigenvalue weighted by Crippen LogP contribution is 2.25. The molecule has 0 saturated carbocycles. The number of aromatic nitrogens is 2. The summed E-state index contributed by atoms with van der Waals surface area (Å²) in [7, 11) is 0. The maximum atomic E-state index is 13.0. The predicted octanol–water partition coefficient (Wildman–Crippen LogP) is 4.40. The van der Waals surface area contributed by atoms with Crippen molar-refractivity contribution in [2.75, 3.05) is 19.7 Å². The highest BCUT2D eigenvalue weighted by atomic mass is 32.1. The topological polar surface area (TPSA) is 81.6 Å². The average Bonchev–Trinajstić information content (AvgIpc) is 3.28. The van der Waals surface area contributed by atoms with Crippen LogP contribution in [0.2, 0.25) is 0 Å². The minimum Gasteiger partial charge on any atom is -0.466 e. The van der Waals surface area contributed by atoms with Gasteiger partial charge in [-0.1, -0.05) is 24.3 Å². The summed E-state index contributed by atoms with van der Waals surface area (Å²) >= 11 is 1.15. The number of halogens is 1. The lowest BCUT2D eigenvalue weighted by Gasteiger charge is -2.31. The van der Waals surface area contributed by atoms with E-state index in [1.807, 2.05) is 12.1 Å². The average molecular weight is 484 g/mol. The summed E-state index contributed by atoms with van der Waals surface area (Å²) in [5, 5.41) is 0.416. The number of rotatable bonds is 8. The van der Waals surface area contributed by atoms with Crippen LogP contribution >= 0.6 is 11.5 Å². The summed E-state index contributed by atoms with van der Waals surface area (Å²) in [6, 6.07) is 13.5. The lowest BCUT2D eigenvalue weighted by Crippen LogP contribution is -2.43. The Kier molecular flexibility index (Phi) is 7.84. The maximum Gasteiger partial charge on any atom is 0.310 e. The lowest BCUT2D eigenvalue weighted by molar-refractivity contribution is -0.151. The molecule has 1 aliphatic heterocycles. The molecule has 2 heterocycles. The molecule has 7 nitrogen and oxygen atoms in total. The van der Waals surface area contributed by atoms with Crippen LogP contribution < -0.4 is 4.74 Å². The van der Waals surface area contributed by atoms with Crippen molar-refractivity contribution in [1.29, 1.82) is 0 Å². The predicted molar refractivity (Wildman–Crippen MR) is 125 cm³/mol. The first-order chi connectivity index (χ1) is 16.5. The van der Waals surface area contributed by atoms with Crippen molar-refractivity contribution in [3.8, 4) is 10.9 Å². The van der Waals surface area contributed by atoms with Crippen LogP contribution in [-0.2, 0) is 27.2 Å². The monoisotopic (exact) mass is 483 g/mol. The van der Waals surface area contributed by atoms with Gasteiger partial charge in [-0.3, -0.25) is 9.59 Å². The van der Waals surface area contributed by atoms with E-state index in [0.717, 1.165) is 35.5 Å². The summed E-state index contributed by atoms with van der Waals surface area (Å²) < 4.78 is 28.3. The normalized spacial score (nSPS) is 15.7. The zero-order valence-electron chi connectivity index (χ0n) is 18.9. The third kappa shape index (κ3) is 6.38. The van der Waals surface area contributed by atoms with E-state index in [4.69, 9.17) is 9.47 Å². The number of amides is 1. The molecule has 178 valence electrons. The number of carbonyl (C=O) groups excluding carboxylic acids is 2. The van der Waals surface area contributed by atoms with Crippen molar-refractivity contribution in [2.24, 2.45) is 5.92 Å². The Bertz CT molecular complexity index is 1120. The van der Waals surface area contributed by atoms with E-state index in [1.54, 1.807) is 36.1 Å². The van der Waals surface area contributed by atoms with Gasteiger partial charge >= 0.3 is 5.97 Å². The third-order valence-electron chi connectivity index (χ3n) is 5.60. The van der Waals surface area contributed by atoms with E-state index in [0.29, 0.717) is 42.9 Å². The molecule has 1 saturated heterocycles. The molecular formula is C25H26FN3O4S. The number of ether oxygens (including phenoxy) is 2. The van der Waals surface area contributed by atoms with E-state index in [9.17, 15) is 14.0 Å². The number of hydrogen-bond donors (Lipinski definition) is 0. The molecule has 1 aromatic heterocycles. The Morgan fingerprint density at radius 2 is 1.85 bits per heavy atom. The van der Waals surface area contributed by atoms with Gasteiger partial charge in [0, 0.05) is 31.0 Å². The second kappa shape index (κ2) is 11.2. The van der Waals surface area contributed by atoms with E-state index in [1.165, 1.54) is 12.1 Å². The van der Waals surface area contributed by atoms with E-state index in [-0.39, 0.29) is 30.0 Å². The second-order valence-electron chi connectivity index (χ2n) is 8.13. The van der Waals surface area contributed by atoms with Crippen molar-refractivity contribution in [3.63, 3.8) is 0 Å². The first-order valence-electron chi connectivity index (χ1n) is 11.3. The Morgan fingerprint density at radius 3 is 2.59 bits per heavy atom. The van der Waals surface area contributed by atoms with Gasteiger partial charge in [-0.25, -0.2) is 4.39 Å². The second-order valence-corrected chi connectivity index (χ2v) is 8.85. The summed E-state index contributed by atoms with van der Waals surface area (Å²) in [4.78, 5) is 30.9. The molecule has 0 N–H and O–H groups in total. The van der Waals surface area contributed by atoms with E-state index < -0.39 is 0 Å². The molecule has 4 rings (SSSR count). The van der Waals surface area contributed by atoms with Crippen LogP contribution in [0.1, 0.15) is 36.7 Å². The Labute approximate surface area is 201 Å². The summed E-state index contributed by atoms with van der Waals surface area (Å²) in [5.74, 6) is 0.461. The molecule has 1 fully saturated rings. The number of piperidine rings is 1. The Hall–Kier alpha value is -3.33. The highest BCUT2D eigenvalue weighted by Gasteiger charge is 2.29. The fourth-order valence-corrected chi connectivity index (χ4v) is 4.42. The van der Waals surface area contributed by atoms with Gasteiger partial charge in [-0.05, 0) is 55.2 Å². The molecule has 0 spiro atoms. The van der Waals surface area contributed by atoms with Gasteiger partial charge in [0.1, 0.15) is 11.6 Å². The molecule has 3 aromatic rings. The van der Waals surface area contributed by atoms with Crippen molar-refractivity contribution < 1.29 is 23.5 Å². The van der Waals surface area contributed by atoms with Gasteiger partial charge in [0.05, 0.1) is 18.9 Å². The molecule has 0 bridgehead atoms. The zero-order valence-corrected chi connectivity index (χ0v) is 19.7. The molecule has 0 radical (unpaired) electrons. The summed E-state index contributed by atoms with van der Waals surface area (Å²) in [6.07, 6.45) is 2.31. The van der Waals surface area contributed by atoms with Crippen LogP contribution in [0.25, 0.3) is 0 Å². The maximum absolute atomic E-state index is 13.0. The van der Waals surface area contributed by atoms with Gasteiger partial charge in [0.25, 0.3) is 5.19 Å². The first kappa shape index (κ1) is 23.8. The van der Waals surface area contributed by atoms with Crippen molar-refractivity contribution in [3.05, 3.63) is 71.3 Å². The van der Waals surface area contributed by atoms with Gasteiger partial charge in [-0.15, -0.1) is 0 Å². The summed E-state index contributed by atoms with van der Waals surface area (Å²) in [5.41, 5.74) is 1.78. The van der Waals surface area contributed by atoms with Crippen LogP contribution in [0.15, 0.2) is 48.5 Å². The number of hydrogen-bond acceptors (Lipinski definition) is 7. The smallest absolute Gasteiger partial charge is 0.310 e. The van der Waals surface area contributed by atoms with Gasteiger partial charge in [0.15, 0.2) is 5.82 Å². The SMILES string of the molecule is CCOC(=O)C1CCCN(C(=O)Cc2ccc(Oc3nc(Cc4ccc(F)cc4)ns3)cc2)C1. The molecule has 1 amide bonds. The van der Waals surface area contributed by atoms with Gasteiger partial charge < -0.3 is 14.4 Å². The number of nitrogens with zero attached hydrogens (tertiary/aromatic N) is 3. The van der Waals surface area contributed by atoms with Crippen molar-refractivity contribution in [1.82, 2.24) is 14.3 Å². The highest BCUT2D eigenvalue weighted by molar-refractivity contribution is 7.07. The van der Waals surface area contributed by atoms with E-state index >= 15 is 0 Å². The van der Waals surface area contributed by atoms with Crippen LogP contribution in [0.4, 0.5) is 4.39 Å². The standard InChI is InChI=1S/C25H26FN3O4S/c1-2-32-24(31)19-4-3-13-29(16-19)23(30)15-18-7-11-21(12-8-18)33-25-27-22(28-34-25)14-17-5-9-20(26)10-6-17/h5-12,19H,2-4,13-16H2,1H3.